The fourth-order valence-electron chi connectivity index (χ4n) is 2.62. The van der Waals surface area contributed by atoms with E-state index in [4.69, 9.17) is 4.52 Å². The molecule has 4 rings (SSSR count). The molecule has 0 atom stereocenters. The lowest BCUT2D eigenvalue weighted by molar-refractivity contribution is 0.426. The minimum Gasteiger partial charge on any atom is -0.336 e. The van der Waals surface area contributed by atoms with Gasteiger partial charge in [-0.2, -0.15) is 4.98 Å². The van der Waals surface area contributed by atoms with Gasteiger partial charge in [0.1, 0.15) is 5.56 Å². The van der Waals surface area contributed by atoms with Crippen molar-refractivity contribution in [1.82, 2.24) is 20.4 Å². The van der Waals surface area contributed by atoms with Crippen molar-refractivity contribution in [2.45, 2.75) is 0 Å². The van der Waals surface area contributed by atoms with Gasteiger partial charge >= 0.3 is 0 Å². The molecule has 0 spiro atoms. The minimum atomic E-state index is -0.228. The summed E-state index contributed by atoms with van der Waals surface area (Å²) < 4.78 is 5.29. The Hall–Kier alpha value is -2.67. The Kier molecular flexibility index (Phi) is 3.12. The number of H-pyrrole nitrogens is 1. The van der Waals surface area contributed by atoms with Crippen LogP contribution < -0.4 is 15.8 Å². The third-order valence-corrected chi connectivity index (χ3v) is 3.80. The number of nitrogens with one attached hydrogen (secondary N) is 2. The molecular formula is C15H15N5O2. The normalized spacial score (nSPS) is 15.4. The Balaban J connectivity index is 1.74. The van der Waals surface area contributed by atoms with E-state index < -0.39 is 0 Å². The number of para-hydroxylation sites is 1. The molecule has 7 heteroatoms. The maximum atomic E-state index is 12.2. The van der Waals surface area contributed by atoms with Crippen LogP contribution in [0.2, 0.25) is 0 Å². The van der Waals surface area contributed by atoms with Crippen LogP contribution in [0.5, 0.6) is 0 Å². The Morgan fingerprint density at radius 2 is 2.00 bits per heavy atom. The number of fused-ring (bicyclic) bond motifs is 1. The monoisotopic (exact) mass is 297 g/mol. The van der Waals surface area contributed by atoms with E-state index in [1.165, 1.54) is 0 Å². The third-order valence-electron chi connectivity index (χ3n) is 3.80. The summed E-state index contributed by atoms with van der Waals surface area (Å²) in [6.07, 6.45) is 0. The Morgan fingerprint density at radius 1 is 1.18 bits per heavy atom. The van der Waals surface area contributed by atoms with Gasteiger partial charge in [-0.1, -0.05) is 18.2 Å². The van der Waals surface area contributed by atoms with E-state index >= 15 is 0 Å². The van der Waals surface area contributed by atoms with Gasteiger partial charge in [0.2, 0.25) is 0 Å². The van der Waals surface area contributed by atoms with Gasteiger partial charge < -0.3 is 19.7 Å². The highest BCUT2D eigenvalue weighted by Crippen LogP contribution is 2.20. The van der Waals surface area contributed by atoms with E-state index in [9.17, 15) is 4.79 Å². The molecule has 1 saturated heterocycles. The van der Waals surface area contributed by atoms with Gasteiger partial charge in [0.25, 0.3) is 17.4 Å². The quantitative estimate of drug-likeness (QED) is 0.733. The summed E-state index contributed by atoms with van der Waals surface area (Å²) in [5.74, 6) is 0.782. The number of aromatic amines is 1. The highest BCUT2D eigenvalue weighted by Gasteiger charge is 2.19. The summed E-state index contributed by atoms with van der Waals surface area (Å²) in [4.78, 5) is 21.5. The van der Waals surface area contributed by atoms with Crippen molar-refractivity contribution in [3.8, 4) is 11.5 Å². The number of benzene rings is 1. The molecule has 0 bridgehead atoms. The van der Waals surface area contributed by atoms with Gasteiger partial charge in [-0.15, -0.1) is 0 Å². The van der Waals surface area contributed by atoms with Gasteiger partial charge in [0.05, 0.1) is 0 Å². The van der Waals surface area contributed by atoms with Gasteiger partial charge in [0, 0.05) is 31.7 Å². The van der Waals surface area contributed by atoms with Crippen molar-refractivity contribution in [2.75, 3.05) is 31.1 Å². The number of aromatic nitrogens is 3. The smallest absolute Gasteiger partial charge is 0.266 e. The zero-order valence-electron chi connectivity index (χ0n) is 11.9. The number of hydrogen-bond donors (Lipinski definition) is 2. The molecule has 1 fully saturated rings. The summed E-state index contributed by atoms with van der Waals surface area (Å²) in [5, 5.41) is 8.20. The summed E-state index contributed by atoms with van der Waals surface area (Å²) in [5.41, 5.74) is 0.958. The molecule has 1 aromatic carbocycles. The van der Waals surface area contributed by atoms with E-state index in [-0.39, 0.29) is 11.4 Å². The van der Waals surface area contributed by atoms with Crippen molar-refractivity contribution in [3.05, 3.63) is 40.7 Å². The lowest BCUT2D eigenvalue weighted by atomic mass is 10.1. The molecule has 1 aliphatic rings. The first-order valence-corrected chi connectivity index (χ1v) is 7.23. The molecule has 112 valence electrons. The SMILES string of the molecule is O=c1[nH]c2ccccc2cc1-c1nc(N2CCNCC2)no1. The summed E-state index contributed by atoms with van der Waals surface area (Å²) in [6, 6.07) is 9.38. The number of rotatable bonds is 2. The average Bonchev–Trinajstić information content (AvgIpc) is 3.05. The second-order valence-corrected chi connectivity index (χ2v) is 5.24. The zero-order valence-corrected chi connectivity index (χ0v) is 11.9. The zero-order chi connectivity index (χ0) is 14.9. The number of pyridine rings is 1. The van der Waals surface area contributed by atoms with Crippen LogP contribution in [0.4, 0.5) is 5.95 Å². The fraction of sp³-hybridized carbons (Fsp3) is 0.267. The van der Waals surface area contributed by atoms with E-state index in [0.29, 0.717) is 11.5 Å². The van der Waals surface area contributed by atoms with Gasteiger partial charge in [-0.25, -0.2) is 0 Å². The number of hydrogen-bond acceptors (Lipinski definition) is 6. The topological polar surface area (TPSA) is 87.0 Å². The summed E-state index contributed by atoms with van der Waals surface area (Å²) >= 11 is 0. The molecule has 3 aromatic rings. The summed E-state index contributed by atoms with van der Waals surface area (Å²) in [6.45, 7) is 3.43. The molecule has 2 aromatic heterocycles. The third kappa shape index (κ3) is 2.25. The molecule has 22 heavy (non-hydrogen) atoms. The first kappa shape index (κ1) is 13.0. The van der Waals surface area contributed by atoms with E-state index in [1.807, 2.05) is 29.2 Å². The van der Waals surface area contributed by atoms with Crippen molar-refractivity contribution in [3.63, 3.8) is 0 Å². The highest BCUT2D eigenvalue weighted by atomic mass is 16.5. The van der Waals surface area contributed by atoms with Gasteiger partial charge in [-0.05, 0) is 22.7 Å². The maximum Gasteiger partial charge on any atom is 0.266 e. The van der Waals surface area contributed by atoms with E-state index in [2.05, 4.69) is 20.4 Å². The van der Waals surface area contributed by atoms with Crippen LogP contribution >= 0.6 is 0 Å². The maximum absolute atomic E-state index is 12.2. The Morgan fingerprint density at radius 3 is 2.86 bits per heavy atom. The highest BCUT2D eigenvalue weighted by molar-refractivity contribution is 5.82. The largest absolute Gasteiger partial charge is 0.336 e. The van der Waals surface area contributed by atoms with Crippen LogP contribution in [0.25, 0.3) is 22.4 Å². The standard InChI is InChI=1S/C15H15N5O2/c21-13-11(9-10-3-1-2-4-12(10)17-13)14-18-15(19-22-14)20-7-5-16-6-8-20/h1-4,9,16H,5-8H2,(H,17,21). The molecule has 0 aliphatic carbocycles. The molecular weight excluding hydrogens is 282 g/mol. The minimum absolute atomic E-state index is 0.228. The molecule has 0 saturated carbocycles. The van der Waals surface area contributed by atoms with Gasteiger partial charge in [-0.3, -0.25) is 4.79 Å². The second kappa shape index (κ2) is 5.27. The fourth-order valence-corrected chi connectivity index (χ4v) is 2.62. The van der Waals surface area contributed by atoms with E-state index in [1.54, 1.807) is 6.07 Å². The molecule has 0 radical (unpaired) electrons. The predicted molar refractivity (Wildman–Crippen MR) is 82.9 cm³/mol. The van der Waals surface area contributed by atoms with Crippen LogP contribution in [-0.2, 0) is 0 Å². The molecule has 1 aliphatic heterocycles. The average molecular weight is 297 g/mol. The van der Waals surface area contributed by atoms with Crippen molar-refractivity contribution < 1.29 is 4.52 Å². The first-order valence-electron chi connectivity index (χ1n) is 7.23. The number of anilines is 1. The second-order valence-electron chi connectivity index (χ2n) is 5.24. The van der Waals surface area contributed by atoms with Crippen LogP contribution in [0.15, 0.2) is 39.6 Å². The molecule has 3 heterocycles. The van der Waals surface area contributed by atoms with Crippen LogP contribution in [0.3, 0.4) is 0 Å². The molecule has 2 N–H and O–H groups in total. The first-order chi connectivity index (χ1) is 10.8. The number of nitrogens with zero attached hydrogens (tertiary/aromatic N) is 3. The predicted octanol–water partition coefficient (Wildman–Crippen LogP) is 0.988. The van der Waals surface area contributed by atoms with Crippen molar-refractivity contribution in [2.24, 2.45) is 0 Å². The lowest BCUT2D eigenvalue weighted by Crippen LogP contribution is -2.44. The molecule has 7 nitrogen and oxygen atoms in total. The van der Waals surface area contributed by atoms with Crippen LogP contribution in [0.1, 0.15) is 0 Å². The van der Waals surface area contributed by atoms with Gasteiger partial charge in [0.15, 0.2) is 0 Å². The Labute approximate surface area is 125 Å². The molecule has 0 unspecified atom stereocenters. The van der Waals surface area contributed by atoms with E-state index in [0.717, 1.165) is 37.1 Å². The van der Waals surface area contributed by atoms with Crippen molar-refractivity contribution in [1.29, 1.82) is 0 Å². The lowest BCUT2D eigenvalue weighted by Gasteiger charge is -2.25. The van der Waals surface area contributed by atoms with Crippen LogP contribution in [-0.4, -0.2) is 41.3 Å². The van der Waals surface area contributed by atoms with Crippen molar-refractivity contribution >= 4 is 16.9 Å². The summed E-state index contributed by atoms with van der Waals surface area (Å²) in [7, 11) is 0. The Bertz CT molecular complexity index is 863. The number of piperazine rings is 1. The van der Waals surface area contributed by atoms with Crippen LogP contribution in [0, 0.1) is 0 Å². The molecule has 0 amide bonds.